The third-order valence-electron chi connectivity index (χ3n) is 4.94. The molecule has 7 heteroatoms. The maximum atomic E-state index is 6.15. The van der Waals surface area contributed by atoms with Gasteiger partial charge in [0.1, 0.15) is 6.61 Å². The van der Waals surface area contributed by atoms with Gasteiger partial charge in [-0.1, -0.05) is 12.1 Å². The Balaban J connectivity index is 1.96. The molecule has 1 atom stereocenters. The third-order valence-corrected chi connectivity index (χ3v) is 5.38. The number of hydrogen-bond acceptors (Lipinski definition) is 5. The van der Waals surface area contributed by atoms with E-state index in [0.717, 1.165) is 24.3 Å². The van der Waals surface area contributed by atoms with E-state index in [1.165, 1.54) is 5.56 Å². The van der Waals surface area contributed by atoms with Crippen LogP contribution in [0, 0.1) is 0 Å². The fraction of sp³-hybridized carbons (Fsp3) is 0.381. The van der Waals surface area contributed by atoms with E-state index in [4.69, 9.17) is 31.2 Å². The number of nitrogens with one attached hydrogen (secondary N) is 1. The van der Waals surface area contributed by atoms with Crippen LogP contribution in [0.5, 0.6) is 23.0 Å². The monoisotopic (exact) mass is 402 g/mol. The molecule has 0 saturated carbocycles. The Hall–Kier alpha value is -2.67. The number of rotatable bonds is 6. The highest BCUT2D eigenvalue weighted by Gasteiger charge is 2.31. The largest absolute Gasteiger partial charge is 0.493 e. The van der Waals surface area contributed by atoms with E-state index < -0.39 is 0 Å². The van der Waals surface area contributed by atoms with Gasteiger partial charge in [-0.15, -0.1) is 0 Å². The molecular weight excluding hydrogens is 376 g/mol. The van der Waals surface area contributed by atoms with Crippen molar-refractivity contribution >= 4 is 17.3 Å². The van der Waals surface area contributed by atoms with Gasteiger partial charge >= 0.3 is 0 Å². The molecule has 1 aliphatic heterocycles. The van der Waals surface area contributed by atoms with Gasteiger partial charge in [0.15, 0.2) is 28.1 Å². The smallest absolute Gasteiger partial charge is 0.169 e. The minimum absolute atomic E-state index is 0.0616. The second kappa shape index (κ2) is 9.01. The number of fused-ring (bicyclic) bond motifs is 1. The van der Waals surface area contributed by atoms with Crippen LogP contribution in [-0.2, 0) is 6.42 Å². The second-order valence-electron chi connectivity index (χ2n) is 6.38. The SMILES string of the molecule is CNC(=S)N1CCc2cc(OC)c(OC)cc2C1COc1ccccc1OC. The first-order valence-corrected chi connectivity index (χ1v) is 9.52. The van der Waals surface area contributed by atoms with Gasteiger partial charge in [-0.3, -0.25) is 0 Å². The highest BCUT2D eigenvalue weighted by atomic mass is 32.1. The van der Waals surface area contributed by atoms with Crippen molar-refractivity contribution in [2.24, 2.45) is 0 Å². The van der Waals surface area contributed by atoms with Crippen LogP contribution in [0.15, 0.2) is 36.4 Å². The highest BCUT2D eigenvalue weighted by molar-refractivity contribution is 7.80. The van der Waals surface area contributed by atoms with E-state index in [-0.39, 0.29) is 6.04 Å². The predicted molar refractivity (Wildman–Crippen MR) is 113 cm³/mol. The Morgan fingerprint density at radius 1 is 1.04 bits per heavy atom. The molecule has 0 saturated heterocycles. The molecule has 0 aromatic heterocycles. The van der Waals surface area contributed by atoms with Gasteiger partial charge in [0.25, 0.3) is 0 Å². The molecule has 0 spiro atoms. The van der Waals surface area contributed by atoms with Gasteiger partial charge in [-0.2, -0.15) is 0 Å². The highest BCUT2D eigenvalue weighted by Crippen LogP contribution is 2.39. The van der Waals surface area contributed by atoms with Crippen molar-refractivity contribution in [3.05, 3.63) is 47.5 Å². The van der Waals surface area contributed by atoms with Gasteiger partial charge in [0.05, 0.1) is 27.4 Å². The first-order chi connectivity index (χ1) is 13.6. The number of thiocarbonyl (C=S) groups is 1. The van der Waals surface area contributed by atoms with E-state index >= 15 is 0 Å². The Kier molecular flexibility index (Phi) is 6.46. The molecule has 3 rings (SSSR count). The summed E-state index contributed by atoms with van der Waals surface area (Å²) < 4.78 is 22.5. The summed E-state index contributed by atoms with van der Waals surface area (Å²) >= 11 is 5.55. The van der Waals surface area contributed by atoms with Gasteiger partial charge in [-0.05, 0) is 54.0 Å². The summed E-state index contributed by atoms with van der Waals surface area (Å²) in [6.07, 6.45) is 0.864. The van der Waals surface area contributed by atoms with Crippen LogP contribution in [0.25, 0.3) is 0 Å². The lowest BCUT2D eigenvalue weighted by Gasteiger charge is -2.39. The molecule has 0 fully saturated rings. The predicted octanol–water partition coefficient (Wildman–Crippen LogP) is 3.19. The molecule has 1 N–H and O–H groups in total. The lowest BCUT2D eigenvalue weighted by atomic mass is 9.92. The van der Waals surface area contributed by atoms with Crippen LogP contribution < -0.4 is 24.3 Å². The maximum Gasteiger partial charge on any atom is 0.169 e. The Morgan fingerprint density at radius 2 is 1.68 bits per heavy atom. The first kappa shape index (κ1) is 20.1. The Bertz CT molecular complexity index is 843. The minimum atomic E-state index is -0.0616. The number of nitrogens with zero attached hydrogens (tertiary/aromatic N) is 1. The van der Waals surface area contributed by atoms with Crippen molar-refractivity contribution in [3.63, 3.8) is 0 Å². The lowest BCUT2D eigenvalue weighted by Crippen LogP contribution is -2.46. The lowest BCUT2D eigenvalue weighted by molar-refractivity contribution is 0.183. The van der Waals surface area contributed by atoms with E-state index in [9.17, 15) is 0 Å². The standard InChI is InChI=1S/C21H26N2O4S/c1-22-21(28)23-10-9-14-11-19(25-3)20(26-4)12-15(14)16(23)13-27-18-8-6-5-7-17(18)24-2/h5-8,11-12,16H,9-10,13H2,1-4H3,(H,22,28). The van der Waals surface area contributed by atoms with Crippen molar-refractivity contribution in [3.8, 4) is 23.0 Å². The number of para-hydroxylation sites is 2. The summed E-state index contributed by atoms with van der Waals surface area (Å²) in [5.74, 6) is 2.83. The van der Waals surface area contributed by atoms with Crippen LogP contribution in [0.3, 0.4) is 0 Å². The topological polar surface area (TPSA) is 52.2 Å². The van der Waals surface area contributed by atoms with Crippen LogP contribution in [0.2, 0.25) is 0 Å². The van der Waals surface area contributed by atoms with E-state index in [1.807, 2.05) is 43.4 Å². The average Bonchev–Trinajstić information content (AvgIpc) is 2.75. The molecule has 1 heterocycles. The molecule has 2 aromatic carbocycles. The molecule has 0 aliphatic carbocycles. The third kappa shape index (κ3) is 3.94. The second-order valence-corrected chi connectivity index (χ2v) is 6.77. The molecule has 0 bridgehead atoms. The summed E-state index contributed by atoms with van der Waals surface area (Å²) in [5, 5.41) is 3.78. The van der Waals surface area contributed by atoms with Crippen molar-refractivity contribution in [1.29, 1.82) is 0 Å². The van der Waals surface area contributed by atoms with Gasteiger partial charge in [0.2, 0.25) is 0 Å². The number of benzene rings is 2. The zero-order valence-corrected chi connectivity index (χ0v) is 17.5. The fourth-order valence-corrected chi connectivity index (χ4v) is 3.72. The minimum Gasteiger partial charge on any atom is -0.493 e. The molecule has 28 heavy (non-hydrogen) atoms. The molecule has 2 aromatic rings. The van der Waals surface area contributed by atoms with Crippen LogP contribution >= 0.6 is 12.2 Å². The van der Waals surface area contributed by atoms with Gasteiger partial charge < -0.3 is 29.2 Å². The maximum absolute atomic E-state index is 6.15. The van der Waals surface area contributed by atoms with Gasteiger partial charge in [-0.25, -0.2) is 0 Å². The Morgan fingerprint density at radius 3 is 2.32 bits per heavy atom. The quantitative estimate of drug-likeness (QED) is 0.745. The normalized spacial score (nSPS) is 15.4. The van der Waals surface area contributed by atoms with Gasteiger partial charge in [0, 0.05) is 13.6 Å². The zero-order chi connectivity index (χ0) is 20.1. The first-order valence-electron chi connectivity index (χ1n) is 9.11. The summed E-state index contributed by atoms with van der Waals surface area (Å²) in [7, 11) is 6.77. The Labute approximate surface area is 171 Å². The summed E-state index contributed by atoms with van der Waals surface area (Å²) in [5.41, 5.74) is 2.33. The molecule has 1 unspecified atom stereocenters. The number of hydrogen-bond donors (Lipinski definition) is 1. The van der Waals surface area contributed by atoms with Crippen LogP contribution in [0.1, 0.15) is 17.2 Å². The molecular formula is C21H26N2O4S. The molecule has 0 amide bonds. The van der Waals surface area contributed by atoms with Crippen molar-refractivity contribution < 1.29 is 18.9 Å². The number of ether oxygens (including phenoxy) is 4. The molecule has 0 radical (unpaired) electrons. The average molecular weight is 403 g/mol. The van der Waals surface area contributed by atoms with Crippen molar-refractivity contribution in [1.82, 2.24) is 10.2 Å². The number of methoxy groups -OCH3 is 3. The summed E-state index contributed by atoms with van der Waals surface area (Å²) in [4.78, 5) is 2.15. The molecule has 6 nitrogen and oxygen atoms in total. The molecule has 1 aliphatic rings. The van der Waals surface area contributed by atoms with E-state index in [1.54, 1.807) is 21.3 Å². The van der Waals surface area contributed by atoms with Crippen molar-refractivity contribution in [2.45, 2.75) is 12.5 Å². The van der Waals surface area contributed by atoms with Crippen LogP contribution in [0.4, 0.5) is 0 Å². The van der Waals surface area contributed by atoms with E-state index in [2.05, 4.69) is 10.2 Å². The van der Waals surface area contributed by atoms with Crippen molar-refractivity contribution in [2.75, 3.05) is 41.5 Å². The zero-order valence-electron chi connectivity index (χ0n) is 16.7. The molecule has 150 valence electrons. The van der Waals surface area contributed by atoms with E-state index in [0.29, 0.717) is 29.0 Å². The summed E-state index contributed by atoms with van der Waals surface area (Å²) in [6, 6.07) is 11.6. The summed E-state index contributed by atoms with van der Waals surface area (Å²) in [6.45, 7) is 1.22. The van der Waals surface area contributed by atoms with Crippen LogP contribution in [-0.4, -0.2) is 51.5 Å². The fourth-order valence-electron chi connectivity index (χ4n) is 3.50.